The van der Waals surface area contributed by atoms with Gasteiger partial charge in [-0.1, -0.05) is 35.9 Å². The average molecular weight is 475 g/mol. The molecule has 158 valence electrons. The zero-order valence-corrected chi connectivity index (χ0v) is 18.2. The molecule has 31 heavy (non-hydrogen) atoms. The number of esters is 1. The van der Waals surface area contributed by atoms with Crippen LogP contribution < -0.4 is 4.72 Å². The van der Waals surface area contributed by atoms with Crippen LogP contribution in [0.1, 0.15) is 15.4 Å². The molecular formula is C21H15ClN2O5S2. The van der Waals surface area contributed by atoms with Gasteiger partial charge in [0.2, 0.25) is 0 Å². The summed E-state index contributed by atoms with van der Waals surface area (Å²) < 4.78 is 34.0. The van der Waals surface area contributed by atoms with Crippen LogP contribution in [0.5, 0.6) is 5.75 Å². The number of para-hydroxylation sites is 2. The summed E-state index contributed by atoms with van der Waals surface area (Å²) in [7, 11) is -4.06. The van der Waals surface area contributed by atoms with Crippen LogP contribution in [0.25, 0.3) is 10.2 Å². The number of phenols is 1. The molecule has 0 bridgehead atoms. The lowest BCUT2D eigenvalue weighted by Gasteiger charge is -2.11. The predicted molar refractivity (Wildman–Crippen MR) is 119 cm³/mol. The van der Waals surface area contributed by atoms with Crippen molar-refractivity contribution >= 4 is 54.8 Å². The van der Waals surface area contributed by atoms with Crippen molar-refractivity contribution in [1.29, 1.82) is 0 Å². The first kappa shape index (κ1) is 21.1. The van der Waals surface area contributed by atoms with E-state index in [2.05, 4.69) is 9.71 Å². The van der Waals surface area contributed by atoms with E-state index in [1.807, 2.05) is 24.3 Å². The van der Waals surface area contributed by atoms with Crippen molar-refractivity contribution in [2.24, 2.45) is 0 Å². The number of phenolic OH excluding ortho intramolecular Hbond substituents is 1. The number of benzene rings is 3. The normalized spacial score (nSPS) is 11.4. The second-order valence-corrected chi connectivity index (χ2v) is 9.62. The van der Waals surface area contributed by atoms with E-state index < -0.39 is 21.7 Å². The summed E-state index contributed by atoms with van der Waals surface area (Å²) in [5.74, 6) is -1.27. The molecule has 3 aromatic carbocycles. The number of aromatic nitrogens is 1. The van der Waals surface area contributed by atoms with E-state index in [9.17, 15) is 18.3 Å². The molecular weight excluding hydrogens is 460 g/mol. The Kier molecular flexibility index (Phi) is 5.81. The molecule has 7 nitrogen and oxygen atoms in total. The van der Waals surface area contributed by atoms with E-state index >= 15 is 0 Å². The quantitative estimate of drug-likeness (QED) is 0.388. The van der Waals surface area contributed by atoms with E-state index in [0.717, 1.165) is 22.3 Å². The van der Waals surface area contributed by atoms with Crippen molar-refractivity contribution in [3.05, 3.63) is 82.3 Å². The number of aromatic hydroxyl groups is 1. The van der Waals surface area contributed by atoms with Crippen LogP contribution in [0.15, 0.2) is 71.6 Å². The first-order valence-electron chi connectivity index (χ1n) is 8.95. The Morgan fingerprint density at radius 1 is 1.10 bits per heavy atom. The van der Waals surface area contributed by atoms with Crippen LogP contribution in [-0.4, -0.2) is 24.5 Å². The molecule has 4 rings (SSSR count). The van der Waals surface area contributed by atoms with Crippen LogP contribution in [0.4, 0.5) is 5.69 Å². The minimum absolute atomic E-state index is 0.105. The summed E-state index contributed by atoms with van der Waals surface area (Å²) >= 11 is 7.39. The van der Waals surface area contributed by atoms with Gasteiger partial charge in [-0.15, -0.1) is 11.3 Å². The van der Waals surface area contributed by atoms with E-state index in [0.29, 0.717) is 5.01 Å². The Morgan fingerprint density at radius 3 is 2.61 bits per heavy atom. The number of hydrogen-bond donors (Lipinski definition) is 2. The number of rotatable bonds is 6. The molecule has 0 atom stereocenters. The maximum Gasteiger partial charge on any atom is 0.342 e. The van der Waals surface area contributed by atoms with Crippen molar-refractivity contribution < 1.29 is 23.1 Å². The zero-order valence-electron chi connectivity index (χ0n) is 15.8. The van der Waals surface area contributed by atoms with Gasteiger partial charge in [-0.3, -0.25) is 4.72 Å². The molecule has 4 aromatic rings. The number of anilines is 1. The lowest BCUT2D eigenvalue weighted by atomic mass is 10.2. The Hall–Kier alpha value is -3.14. The molecule has 0 unspecified atom stereocenters. The van der Waals surface area contributed by atoms with Crippen molar-refractivity contribution in [2.75, 3.05) is 4.72 Å². The summed E-state index contributed by atoms with van der Waals surface area (Å²) in [6, 6.07) is 17.2. The molecule has 0 radical (unpaired) electrons. The zero-order chi connectivity index (χ0) is 22.0. The summed E-state index contributed by atoms with van der Waals surface area (Å²) in [5, 5.41) is 10.9. The van der Waals surface area contributed by atoms with Gasteiger partial charge < -0.3 is 9.84 Å². The lowest BCUT2D eigenvalue weighted by Crippen LogP contribution is -2.14. The number of ether oxygens (including phenoxy) is 1. The SMILES string of the molecule is O=C(OCc1nc2ccccc2s1)c1cc(S(=O)(=O)Nc2ccccc2Cl)ccc1O. The standard InChI is InChI=1S/C21H15ClN2O5S2/c22-15-5-1-2-6-16(15)24-31(27,28)13-9-10-18(25)14(11-13)21(26)29-12-20-23-17-7-3-4-8-19(17)30-20/h1-11,24-25H,12H2. The topological polar surface area (TPSA) is 106 Å². The predicted octanol–water partition coefficient (Wildman–Crippen LogP) is 4.81. The van der Waals surface area contributed by atoms with E-state index in [-0.39, 0.29) is 27.8 Å². The first-order valence-corrected chi connectivity index (χ1v) is 11.6. The van der Waals surface area contributed by atoms with Gasteiger partial charge in [0, 0.05) is 0 Å². The van der Waals surface area contributed by atoms with Gasteiger partial charge in [-0.25, -0.2) is 18.2 Å². The molecule has 1 aromatic heterocycles. The third-order valence-corrected chi connectivity index (χ3v) is 6.98. The largest absolute Gasteiger partial charge is 0.507 e. The molecule has 0 aliphatic carbocycles. The Bertz CT molecular complexity index is 1350. The fourth-order valence-corrected chi connectivity index (χ4v) is 5.01. The van der Waals surface area contributed by atoms with Crippen LogP contribution in [0.2, 0.25) is 5.02 Å². The molecule has 10 heteroatoms. The van der Waals surface area contributed by atoms with Crippen molar-refractivity contribution in [2.45, 2.75) is 11.5 Å². The van der Waals surface area contributed by atoms with E-state index in [1.165, 1.54) is 23.5 Å². The molecule has 0 fully saturated rings. The minimum atomic E-state index is -4.06. The van der Waals surface area contributed by atoms with Gasteiger partial charge in [0.15, 0.2) is 0 Å². The highest BCUT2D eigenvalue weighted by atomic mass is 35.5. The molecule has 0 saturated carbocycles. The molecule has 0 saturated heterocycles. The van der Waals surface area contributed by atoms with Gasteiger partial charge in [0.25, 0.3) is 10.0 Å². The summed E-state index contributed by atoms with van der Waals surface area (Å²) in [5.41, 5.74) is 0.709. The Morgan fingerprint density at radius 2 is 1.84 bits per heavy atom. The van der Waals surface area contributed by atoms with Gasteiger partial charge >= 0.3 is 5.97 Å². The van der Waals surface area contributed by atoms with Gasteiger partial charge in [0.1, 0.15) is 22.9 Å². The number of carbonyl (C=O) groups is 1. The van der Waals surface area contributed by atoms with Crippen molar-refractivity contribution in [3.63, 3.8) is 0 Å². The molecule has 2 N–H and O–H groups in total. The average Bonchev–Trinajstić information content (AvgIpc) is 3.17. The van der Waals surface area contributed by atoms with E-state index in [4.69, 9.17) is 16.3 Å². The summed E-state index contributed by atoms with van der Waals surface area (Å²) in [4.78, 5) is 16.7. The van der Waals surface area contributed by atoms with Crippen molar-refractivity contribution in [3.8, 4) is 5.75 Å². The van der Waals surface area contributed by atoms with Crippen LogP contribution in [-0.2, 0) is 21.4 Å². The monoisotopic (exact) mass is 474 g/mol. The summed E-state index contributed by atoms with van der Waals surface area (Å²) in [6.07, 6.45) is 0. The van der Waals surface area contributed by atoms with Crippen molar-refractivity contribution in [1.82, 2.24) is 4.98 Å². The number of hydrogen-bond acceptors (Lipinski definition) is 7. The fourth-order valence-electron chi connectivity index (χ4n) is 2.78. The fraction of sp³-hybridized carbons (Fsp3) is 0.0476. The highest BCUT2D eigenvalue weighted by molar-refractivity contribution is 7.92. The smallest absolute Gasteiger partial charge is 0.342 e. The number of thiazole rings is 1. The number of sulfonamides is 1. The third-order valence-electron chi connectivity index (χ3n) is 4.28. The number of nitrogens with one attached hydrogen (secondary N) is 1. The molecule has 0 amide bonds. The maximum atomic E-state index is 12.7. The second kappa shape index (κ2) is 8.54. The van der Waals surface area contributed by atoms with Gasteiger partial charge in [0.05, 0.1) is 25.8 Å². The van der Waals surface area contributed by atoms with Gasteiger partial charge in [-0.05, 0) is 42.5 Å². The highest BCUT2D eigenvalue weighted by Gasteiger charge is 2.21. The second-order valence-electron chi connectivity index (χ2n) is 6.42. The molecule has 0 spiro atoms. The van der Waals surface area contributed by atoms with Crippen LogP contribution in [0, 0.1) is 0 Å². The van der Waals surface area contributed by atoms with Crippen LogP contribution >= 0.6 is 22.9 Å². The number of fused-ring (bicyclic) bond motifs is 1. The molecule has 1 heterocycles. The number of halogens is 1. The maximum absolute atomic E-state index is 12.7. The number of nitrogens with zero attached hydrogens (tertiary/aromatic N) is 1. The third kappa shape index (κ3) is 4.63. The van der Waals surface area contributed by atoms with E-state index in [1.54, 1.807) is 18.2 Å². The molecule has 0 aliphatic heterocycles. The van der Waals surface area contributed by atoms with Gasteiger partial charge in [-0.2, -0.15) is 0 Å². The van der Waals surface area contributed by atoms with Crippen LogP contribution in [0.3, 0.4) is 0 Å². The lowest BCUT2D eigenvalue weighted by molar-refractivity contribution is 0.0469. The molecule has 0 aliphatic rings. The number of carbonyl (C=O) groups excluding carboxylic acids is 1. The summed E-state index contributed by atoms with van der Waals surface area (Å²) in [6.45, 7) is -0.105. The highest BCUT2D eigenvalue weighted by Crippen LogP contribution is 2.28. The Labute approximate surface area is 187 Å². The Balaban J connectivity index is 1.53. The first-order chi connectivity index (χ1) is 14.8. The minimum Gasteiger partial charge on any atom is -0.507 e.